The van der Waals surface area contributed by atoms with E-state index in [4.69, 9.17) is 9.57 Å². The first-order valence-corrected chi connectivity index (χ1v) is 9.32. The lowest BCUT2D eigenvalue weighted by molar-refractivity contribution is 0.0558. The van der Waals surface area contributed by atoms with Crippen LogP contribution in [0.2, 0.25) is 0 Å². The van der Waals surface area contributed by atoms with E-state index >= 15 is 0 Å². The molecule has 1 aromatic rings. The quantitative estimate of drug-likeness (QED) is 0.881. The highest BCUT2D eigenvalue weighted by Crippen LogP contribution is 2.24. The largest absolute Gasteiger partial charge is 0.389 e. The predicted molar refractivity (Wildman–Crippen MR) is 97.9 cm³/mol. The van der Waals surface area contributed by atoms with Gasteiger partial charge in [0.2, 0.25) is 0 Å². The van der Waals surface area contributed by atoms with Crippen molar-refractivity contribution in [3.8, 4) is 0 Å². The van der Waals surface area contributed by atoms with E-state index < -0.39 is 0 Å². The molecule has 7 heteroatoms. The summed E-state index contributed by atoms with van der Waals surface area (Å²) in [6, 6.07) is 10.6. The summed E-state index contributed by atoms with van der Waals surface area (Å²) in [5.41, 5.74) is 2.20. The fourth-order valence-corrected chi connectivity index (χ4v) is 3.90. The van der Waals surface area contributed by atoms with Gasteiger partial charge in [-0.2, -0.15) is 0 Å². The van der Waals surface area contributed by atoms with Crippen molar-refractivity contribution in [3.63, 3.8) is 0 Å². The Labute approximate surface area is 153 Å². The van der Waals surface area contributed by atoms with E-state index in [9.17, 15) is 4.79 Å². The lowest BCUT2D eigenvalue weighted by atomic mass is 10.0. The molecule has 2 fully saturated rings. The molecule has 7 nitrogen and oxygen atoms in total. The van der Waals surface area contributed by atoms with Crippen LogP contribution in [0.15, 0.2) is 35.5 Å². The smallest absolute Gasteiger partial charge is 0.318 e. The van der Waals surface area contributed by atoms with Gasteiger partial charge in [-0.3, -0.25) is 4.90 Å². The molecule has 0 saturated carbocycles. The van der Waals surface area contributed by atoms with E-state index in [1.54, 1.807) is 0 Å². The topological polar surface area (TPSA) is 66.4 Å². The Morgan fingerprint density at radius 3 is 2.92 bits per heavy atom. The fourth-order valence-electron chi connectivity index (χ4n) is 3.90. The average Bonchev–Trinajstić information content (AvgIpc) is 3.25. The second kappa shape index (κ2) is 7.63. The van der Waals surface area contributed by atoms with Gasteiger partial charge in [-0.05, 0) is 12.5 Å². The molecule has 3 aliphatic heterocycles. The lowest BCUT2D eigenvalue weighted by Gasteiger charge is -2.39. The number of nitrogens with one attached hydrogen (secondary N) is 1. The second-order valence-corrected chi connectivity index (χ2v) is 7.29. The summed E-state index contributed by atoms with van der Waals surface area (Å²) in [6.45, 7) is 7.18. The Bertz CT molecular complexity index is 666. The van der Waals surface area contributed by atoms with Gasteiger partial charge in [0.05, 0.1) is 31.4 Å². The Kier molecular flexibility index (Phi) is 5.08. The SMILES string of the molecule is C[C@@H]1CN(Cc2ccccc2)CCN1C(=O)NCC1=NO[C@@H]2COC[C@H]12. The molecule has 0 bridgehead atoms. The second-order valence-electron chi connectivity index (χ2n) is 7.29. The normalized spacial score (nSPS) is 28.4. The van der Waals surface area contributed by atoms with Crippen LogP contribution in [0.4, 0.5) is 4.79 Å². The number of oxime groups is 1. The third-order valence-electron chi connectivity index (χ3n) is 5.40. The highest BCUT2D eigenvalue weighted by atomic mass is 16.7. The number of rotatable bonds is 4. The number of benzene rings is 1. The number of fused-ring (bicyclic) bond motifs is 1. The molecule has 0 unspecified atom stereocenters. The van der Waals surface area contributed by atoms with Crippen molar-refractivity contribution in [2.24, 2.45) is 11.1 Å². The molecule has 0 aromatic heterocycles. The number of carbonyl (C=O) groups excluding carboxylic acids is 1. The van der Waals surface area contributed by atoms with Crippen molar-refractivity contribution in [1.29, 1.82) is 0 Å². The maximum absolute atomic E-state index is 12.6. The molecule has 26 heavy (non-hydrogen) atoms. The molecular formula is C19H26N4O3. The number of amides is 2. The number of hydrogen-bond donors (Lipinski definition) is 1. The molecule has 0 aliphatic carbocycles. The van der Waals surface area contributed by atoms with Crippen LogP contribution in [0.1, 0.15) is 12.5 Å². The van der Waals surface area contributed by atoms with Crippen LogP contribution in [-0.2, 0) is 16.1 Å². The summed E-state index contributed by atoms with van der Waals surface area (Å²) in [7, 11) is 0. The van der Waals surface area contributed by atoms with Gasteiger partial charge < -0.3 is 19.8 Å². The summed E-state index contributed by atoms with van der Waals surface area (Å²) in [6.07, 6.45) is 0.0300. The summed E-state index contributed by atoms with van der Waals surface area (Å²) >= 11 is 0. The zero-order chi connectivity index (χ0) is 17.9. The molecule has 1 N–H and O–H groups in total. The van der Waals surface area contributed by atoms with Crippen LogP contribution in [0.5, 0.6) is 0 Å². The molecule has 3 heterocycles. The molecule has 140 valence electrons. The molecular weight excluding hydrogens is 332 g/mol. The lowest BCUT2D eigenvalue weighted by Crippen LogP contribution is -2.56. The van der Waals surface area contributed by atoms with Crippen molar-refractivity contribution in [2.75, 3.05) is 39.4 Å². The Morgan fingerprint density at radius 2 is 2.12 bits per heavy atom. The predicted octanol–water partition coefficient (Wildman–Crippen LogP) is 1.30. The number of ether oxygens (including phenoxy) is 1. The van der Waals surface area contributed by atoms with E-state index in [1.807, 2.05) is 11.0 Å². The van der Waals surface area contributed by atoms with Crippen LogP contribution in [0.25, 0.3) is 0 Å². The summed E-state index contributed by atoms with van der Waals surface area (Å²) in [4.78, 5) is 22.3. The fraction of sp³-hybridized carbons (Fsp3) is 0.579. The minimum absolute atomic E-state index is 0.0260. The molecule has 1 aromatic carbocycles. The van der Waals surface area contributed by atoms with E-state index in [2.05, 4.69) is 46.6 Å². The minimum Gasteiger partial charge on any atom is -0.389 e. The molecule has 2 saturated heterocycles. The molecule has 4 rings (SSSR count). The third kappa shape index (κ3) is 3.68. The number of hydrogen-bond acceptors (Lipinski definition) is 5. The van der Waals surface area contributed by atoms with Gasteiger partial charge >= 0.3 is 6.03 Å². The van der Waals surface area contributed by atoms with Crippen molar-refractivity contribution in [3.05, 3.63) is 35.9 Å². The van der Waals surface area contributed by atoms with Crippen LogP contribution < -0.4 is 5.32 Å². The zero-order valence-electron chi connectivity index (χ0n) is 15.1. The number of carbonyl (C=O) groups is 1. The maximum atomic E-state index is 12.6. The number of urea groups is 1. The Morgan fingerprint density at radius 1 is 1.27 bits per heavy atom. The van der Waals surface area contributed by atoms with Crippen LogP contribution >= 0.6 is 0 Å². The Hall–Kier alpha value is -2.12. The average molecular weight is 358 g/mol. The van der Waals surface area contributed by atoms with Crippen molar-refractivity contribution in [1.82, 2.24) is 15.1 Å². The van der Waals surface area contributed by atoms with E-state index in [1.165, 1.54) is 5.56 Å². The molecule has 0 radical (unpaired) electrons. The molecule has 0 spiro atoms. The van der Waals surface area contributed by atoms with Gasteiger partial charge in [0.25, 0.3) is 0 Å². The summed E-state index contributed by atoms with van der Waals surface area (Å²) in [5, 5.41) is 7.11. The maximum Gasteiger partial charge on any atom is 0.318 e. The van der Waals surface area contributed by atoms with Crippen LogP contribution in [0, 0.1) is 5.92 Å². The van der Waals surface area contributed by atoms with E-state index in [0.29, 0.717) is 19.8 Å². The van der Waals surface area contributed by atoms with Gasteiger partial charge in [0.15, 0.2) is 6.10 Å². The minimum atomic E-state index is -0.0260. The Balaban J connectivity index is 1.25. The van der Waals surface area contributed by atoms with Gasteiger partial charge in [-0.25, -0.2) is 4.79 Å². The summed E-state index contributed by atoms with van der Waals surface area (Å²) < 4.78 is 5.41. The van der Waals surface area contributed by atoms with Crippen molar-refractivity contribution < 1.29 is 14.4 Å². The van der Waals surface area contributed by atoms with Gasteiger partial charge in [0.1, 0.15) is 0 Å². The van der Waals surface area contributed by atoms with E-state index in [0.717, 1.165) is 31.9 Å². The van der Waals surface area contributed by atoms with Crippen LogP contribution in [-0.4, -0.2) is 73.1 Å². The summed E-state index contributed by atoms with van der Waals surface area (Å²) in [5.74, 6) is 0.190. The highest BCUT2D eigenvalue weighted by Gasteiger charge is 2.39. The molecule has 2 amide bonds. The zero-order valence-corrected chi connectivity index (χ0v) is 15.1. The molecule has 3 atom stereocenters. The first-order chi connectivity index (χ1) is 12.7. The van der Waals surface area contributed by atoms with Crippen molar-refractivity contribution in [2.45, 2.75) is 25.6 Å². The van der Waals surface area contributed by atoms with Crippen molar-refractivity contribution >= 4 is 11.7 Å². The van der Waals surface area contributed by atoms with Gasteiger partial charge in [-0.15, -0.1) is 0 Å². The first-order valence-electron chi connectivity index (χ1n) is 9.32. The number of nitrogens with zero attached hydrogens (tertiary/aromatic N) is 3. The highest BCUT2D eigenvalue weighted by molar-refractivity contribution is 5.92. The van der Waals surface area contributed by atoms with Gasteiger partial charge in [0, 0.05) is 32.2 Å². The van der Waals surface area contributed by atoms with Crippen LogP contribution in [0.3, 0.4) is 0 Å². The number of piperazine rings is 1. The first kappa shape index (κ1) is 17.3. The van der Waals surface area contributed by atoms with Gasteiger partial charge in [-0.1, -0.05) is 35.5 Å². The standard InChI is InChI=1S/C19H26N4O3/c1-14-10-22(11-15-5-3-2-4-6-15)7-8-23(14)19(24)20-9-17-16-12-25-13-18(16)26-21-17/h2-6,14,16,18H,7-13H2,1H3,(H,20,24)/t14-,16-,18-/m1/s1. The monoisotopic (exact) mass is 358 g/mol. The van der Waals surface area contributed by atoms with E-state index in [-0.39, 0.29) is 24.1 Å². The third-order valence-corrected chi connectivity index (χ3v) is 5.40. The molecule has 3 aliphatic rings.